The van der Waals surface area contributed by atoms with Gasteiger partial charge in [0.05, 0.1) is 0 Å². The maximum absolute atomic E-state index is 3.68. The molecule has 0 radical (unpaired) electrons. The van der Waals surface area contributed by atoms with E-state index in [4.69, 9.17) is 0 Å². The molecule has 0 aliphatic heterocycles. The highest BCUT2D eigenvalue weighted by Crippen LogP contribution is 1.98. The summed E-state index contributed by atoms with van der Waals surface area (Å²) in [5.41, 5.74) is 3.18. The van der Waals surface area contributed by atoms with Crippen molar-refractivity contribution < 1.29 is 0 Å². The molecule has 0 bridgehead atoms. The fraction of sp³-hybridized carbons (Fsp3) is 0.800. The summed E-state index contributed by atoms with van der Waals surface area (Å²) in [6, 6.07) is 0.998. The van der Waals surface area contributed by atoms with E-state index >= 15 is 0 Å². The molecule has 0 heterocycles. The van der Waals surface area contributed by atoms with Crippen LogP contribution >= 0.6 is 0 Å². The standard InChI is InChI=1S/C10H23N3/c1-6-10(12-7-2)8-13(11-5)9(3)4/h7,9-12H,2,6,8H2,1,3-5H3. The smallest absolute Gasteiger partial charge is 0.0394 e. The molecule has 0 aliphatic rings. The van der Waals surface area contributed by atoms with Gasteiger partial charge in [0.2, 0.25) is 0 Å². The van der Waals surface area contributed by atoms with Crippen molar-refractivity contribution in [3.8, 4) is 0 Å². The molecule has 0 saturated carbocycles. The highest BCUT2D eigenvalue weighted by atomic mass is 15.5. The summed E-state index contributed by atoms with van der Waals surface area (Å²) in [4.78, 5) is 0. The molecule has 0 aromatic carbocycles. The molecule has 13 heavy (non-hydrogen) atoms. The highest BCUT2D eigenvalue weighted by molar-refractivity contribution is 4.76. The van der Waals surface area contributed by atoms with Crippen molar-refractivity contribution >= 4 is 0 Å². The summed E-state index contributed by atoms with van der Waals surface area (Å²) < 4.78 is 0. The average molecular weight is 185 g/mol. The van der Waals surface area contributed by atoms with Gasteiger partial charge in [-0.05, 0) is 33.5 Å². The van der Waals surface area contributed by atoms with Crippen LogP contribution < -0.4 is 10.7 Å². The van der Waals surface area contributed by atoms with Crippen molar-refractivity contribution in [2.24, 2.45) is 0 Å². The van der Waals surface area contributed by atoms with Crippen LogP contribution in [0.3, 0.4) is 0 Å². The number of nitrogens with zero attached hydrogens (tertiary/aromatic N) is 1. The first kappa shape index (κ1) is 12.5. The fourth-order valence-electron chi connectivity index (χ4n) is 1.26. The topological polar surface area (TPSA) is 27.3 Å². The van der Waals surface area contributed by atoms with Crippen LogP contribution in [0.15, 0.2) is 12.8 Å². The normalized spacial score (nSPS) is 13.4. The largest absolute Gasteiger partial charge is 0.387 e. The maximum Gasteiger partial charge on any atom is 0.0394 e. The fourth-order valence-corrected chi connectivity index (χ4v) is 1.26. The molecule has 3 heteroatoms. The van der Waals surface area contributed by atoms with Crippen molar-refractivity contribution in [2.75, 3.05) is 13.6 Å². The molecule has 0 aromatic heterocycles. The second-order valence-corrected chi connectivity index (χ2v) is 3.45. The summed E-state index contributed by atoms with van der Waals surface area (Å²) in [6.07, 6.45) is 2.87. The Kier molecular flexibility index (Phi) is 6.63. The summed E-state index contributed by atoms with van der Waals surface area (Å²) in [7, 11) is 1.96. The SMILES string of the molecule is C=CNC(CC)CN(NC)C(C)C. The third-order valence-electron chi connectivity index (χ3n) is 2.17. The first-order valence-electron chi connectivity index (χ1n) is 4.96. The van der Waals surface area contributed by atoms with Gasteiger partial charge in [-0.3, -0.25) is 5.43 Å². The molecule has 0 aromatic rings. The lowest BCUT2D eigenvalue weighted by atomic mass is 10.2. The number of rotatable bonds is 7. The summed E-state index contributed by atoms with van der Waals surface area (Å²) >= 11 is 0. The molecule has 1 unspecified atom stereocenters. The van der Waals surface area contributed by atoms with Crippen molar-refractivity contribution in [2.45, 2.75) is 39.3 Å². The Hall–Kier alpha value is -0.540. The van der Waals surface area contributed by atoms with Gasteiger partial charge in [0.25, 0.3) is 0 Å². The van der Waals surface area contributed by atoms with Gasteiger partial charge in [-0.2, -0.15) is 0 Å². The van der Waals surface area contributed by atoms with Gasteiger partial charge in [-0.1, -0.05) is 13.5 Å². The van der Waals surface area contributed by atoms with Gasteiger partial charge in [0, 0.05) is 18.6 Å². The maximum atomic E-state index is 3.68. The predicted molar refractivity (Wildman–Crippen MR) is 58.3 cm³/mol. The molecule has 0 aliphatic carbocycles. The van der Waals surface area contributed by atoms with Crippen molar-refractivity contribution in [1.29, 1.82) is 0 Å². The molecule has 0 amide bonds. The van der Waals surface area contributed by atoms with E-state index in [9.17, 15) is 0 Å². The quantitative estimate of drug-likeness (QED) is 0.586. The van der Waals surface area contributed by atoms with Crippen LogP contribution in [-0.2, 0) is 0 Å². The first-order chi connectivity index (χ1) is 6.15. The van der Waals surface area contributed by atoms with Crippen molar-refractivity contribution in [3.63, 3.8) is 0 Å². The zero-order valence-corrected chi connectivity index (χ0v) is 9.30. The van der Waals surface area contributed by atoms with Gasteiger partial charge in [-0.25, -0.2) is 5.01 Å². The monoisotopic (exact) mass is 185 g/mol. The van der Waals surface area contributed by atoms with Crippen LogP contribution in [-0.4, -0.2) is 30.7 Å². The van der Waals surface area contributed by atoms with E-state index in [1.807, 2.05) is 7.05 Å². The van der Waals surface area contributed by atoms with E-state index in [2.05, 4.69) is 43.1 Å². The Morgan fingerprint density at radius 1 is 1.46 bits per heavy atom. The van der Waals surface area contributed by atoms with E-state index in [1.54, 1.807) is 6.20 Å². The second-order valence-electron chi connectivity index (χ2n) is 3.45. The summed E-state index contributed by atoms with van der Waals surface area (Å²) in [5.74, 6) is 0. The van der Waals surface area contributed by atoms with E-state index in [-0.39, 0.29) is 0 Å². The molecule has 3 nitrogen and oxygen atoms in total. The number of hydrogen-bond donors (Lipinski definition) is 2. The van der Waals surface area contributed by atoms with E-state index in [1.165, 1.54) is 0 Å². The molecule has 0 spiro atoms. The minimum atomic E-state index is 0.479. The average Bonchev–Trinajstić information content (AvgIpc) is 2.11. The third kappa shape index (κ3) is 4.90. The van der Waals surface area contributed by atoms with Gasteiger partial charge in [0.1, 0.15) is 0 Å². The van der Waals surface area contributed by atoms with E-state index in [0.29, 0.717) is 12.1 Å². The van der Waals surface area contributed by atoms with E-state index in [0.717, 1.165) is 13.0 Å². The molecule has 1 atom stereocenters. The Morgan fingerprint density at radius 3 is 2.38 bits per heavy atom. The van der Waals surface area contributed by atoms with Gasteiger partial charge in [-0.15, -0.1) is 0 Å². The first-order valence-corrected chi connectivity index (χ1v) is 4.96. The number of hydrogen-bond acceptors (Lipinski definition) is 3. The van der Waals surface area contributed by atoms with Gasteiger partial charge >= 0.3 is 0 Å². The Labute approximate surface area is 82.2 Å². The van der Waals surface area contributed by atoms with Gasteiger partial charge in [0.15, 0.2) is 0 Å². The summed E-state index contributed by atoms with van der Waals surface area (Å²) in [5, 5.41) is 5.45. The van der Waals surface area contributed by atoms with Crippen LogP contribution in [0, 0.1) is 0 Å². The Morgan fingerprint density at radius 2 is 2.08 bits per heavy atom. The minimum Gasteiger partial charge on any atom is -0.387 e. The van der Waals surface area contributed by atoms with Crippen LogP contribution in [0.2, 0.25) is 0 Å². The third-order valence-corrected chi connectivity index (χ3v) is 2.17. The number of nitrogens with one attached hydrogen (secondary N) is 2. The lowest BCUT2D eigenvalue weighted by Gasteiger charge is -2.29. The lowest BCUT2D eigenvalue weighted by Crippen LogP contribution is -2.47. The molecule has 78 valence electrons. The Bertz CT molecular complexity index is 134. The van der Waals surface area contributed by atoms with Crippen LogP contribution in [0.5, 0.6) is 0 Å². The van der Waals surface area contributed by atoms with Crippen LogP contribution in [0.1, 0.15) is 27.2 Å². The predicted octanol–water partition coefficient (Wildman–Crippen LogP) is 1.34. The molecule has 0 saturated heterocycles. The lowest BCUT2D eigenvalue weighted by molar-refractivity contribution is 0.143. The molecular weight excluding hydrogens is 162 g/mol. The van der Waals surface area contributed by atoms with Crippen molar-refractivity contribution in [1.82, 2.24) is 15.8 Å². The Balaban J connectivity index is 3.94. The zero-order valence-electron chi connectivity index (χ0n) is 9.30. The molecular formula is C10H23N3. The van der Waals surface area contributed by atoms with E-state index < -0.39 is 0 Å². The highest BCUT2D eigenvalue weighted by Gasteiger charge is 2.12. The summed E-state index contributed by atoms with van der Waals surface area (Å²) in [6.45, 7) is 11.2. The van der Waals surface area contributed by atoms with Gasteiger partial charge < -0.3 is 5.32 Å². The molecule has 2 N–H and O–H groups in total. The van der Waals surface area contributed by atoms with Crippen LogP contribution in [0.4, 0.5) is 0 Å². The second kappa shape index (κ2) is 6.92. The molecule has 0 fully saturated rings. The minimum absolute atomic E-state index is 0.479. The number of hydrazine groups is 1. The molecule has 0 rings (SSSR count). The van der Waals surface area contributed by atoms with Crippen LogP contribution in [0.25, 0.3) is 0 Å². The van der Waals surface area contributed by atoms with Crippen molar-refractivity contribution in [3.05, 3.63) is 12.8 Å². The zero-order chi connectivity index (χ0) is 10.3.